The molecule has 1 saturated heterocycles. The Balaban J connectivity index is 1.87. The van der Waals surface area contributed by atoms with E-state index in [2.05, 4.69) is 10.6 Å². The summed E-state index contributed by atoms with van der Waals surface area (Å²) in [5.41, 5.74) is 0. The molecule has 2 fully saturated rings. The molecule has 1 saturated carbocycles. The molecule has 0 radical (unpaired) electrons. The molecule has 0 bridgehead atoms. The van der Waals surface area contributed by atoms with Crippen LogP contribution in [-0.2, 0) is 4.79 Å². The molecule has 4 atom stereocenters. The second kappa shape index (κ2) is 5.69. The standard InChI is InChI=1S/C13H21F3N2O/c1-8-6-17-7-11(8)12(19)18-10-4-2-3-9(5-10)13(14,15)16/h8-11,17H,2-7H2,1H3,(H,18,19)/t8-,9?,10?,11-/m1/s1. The van der Waals surface area contributed by atoms with Crippen molar-refractivity contribution in [2.45, 2.75) is 44.8 Å². The minimum absolute atomic E-state index is 0.0315. The van der Waals surface area contributed by atoms with Gasteiger partial charge in [-0.3, -0.25) is 4.79 Å². The Morgan fingerprint density at radius 1 is 1.26 bits per heavy atom. The van der Waals surface area contributed by atoms with Gasteiger partial charge in [0.15, 0.2) is 0 Å². The average Bonchev–Trinajstić information content (AvgIpc) is 2.75. The van der Waals surface area contributed by atoms with Gasteiger partial charge in [0.2, 0.25) is 5.91 Å². The number of nitrogens with one attached hydrogen (secondary N) is 2. The molecule has 0 aromatic heterocycles. The molecule has 19 heavy (non-hydrogen) atoms. The van der Waals surface area contributed by atoms with Gasteiger partial charge in [0.25, 0.3) is 0 Å². The second-order valence-electron chi connectivity index (χ2n) is 5.85. The molecule has 0 spiro atoms. The van der Waals surface area contributed by atoms with Crippen LogP contribution in [0.3, 0.4) is 0 Å². The van der Waals surface area contributed by atoms with Crippen LogP contribution < -0.4 is 10.6 Å². The molecular formula is C13H21F3N2O. The Kier molecular flexibility index (Phi) is 4.38. The van der Waals surface area contributed by atoms with Crippen LogP contribution in [0.1, 0.15) is 32.6 Å². The molecule has 3 nitrogen and oxygen atoms in total. The van der Waals surface area contributed by atoms with Crippen molar-refractivity contribution in [2.24, 2.45) is 17.8 Å². The van der Waals surface area contributed by atoms with Crippen molar-refractivity contribution in [1.82, 2.24) is 10.6 Å². The number of hydrogen-bond donors (Lipinski definition) is 2. The minimum atomic E-state index is -4.13. The first-order valence-electron chi connectivity index (χ1n) is 6.95. The van der Waals surface area contributed by atoms with E-state index in [0.717, 1.165) is 6.54 Å². The summed E-state index contributed by atoms with van der Waals surface area (Å²) < 4.78 is 38.1. The van der Waals surface area contributed by atoms with E-state index < -0.39 is 12.1 Å². The Morgan fingerprint density at radius 2 is 2.00 bits per heavy atom. The second-order valence-corrected chi connectivity index (χ2v) is 5.85. The van der Waals surface area contributed by atoms with Gasteiger partial charge in [-0.1, -0.05) is 13.3 Å². The summed E-state index contributed by atoms with van der Waals surface area (Å²) in [5.74, 6) is -1.20. The van der Waals surface area contributed by atoms with Crippen molar-refractivity contribution in [3.05, 3.63) is 0 Å². The van der Waals surface area contributed by atoms with Crippen molar-refractivity contribution in [3.63, 3.8) is 0 Å². The van der Waals surface area contributed by atoms with Gasteiger partial charge in [0, 0.05) is 12.6 Å². The summed E-state index contributed by atoms with van der Waals surface area (Å²) in [6.45, 7) is 3.42. The van der Waals surface area contributed by atoms with Crippen molar-refractivity contribution in [3.8, 4) is 0 Å². The molecule has 1 aliphatic heterocycles. The molecule has 2 rings (SSSR count). The summed E-state index contributed by atoms with van der Waals surface area (Å²) in [7, 11) is 0. The van der Waals surface area contributed by atoms with Gasteiger partial charge in [-0.25, -0.2) is 0 Å². The lowest BCUT2D eigenvalue weighted by atomic mass is 9.84. The number of alkyl halides is 3. The van der Waals surface area contributed by atoms with Gasteiger partial charge >= 0.3 is 6.18 Å². The Hall–Kier alpha value is -0.780. The largest absolute Gasteiger partial charge is 0.391 e. The number of carbonyl (C=O) groups is 1. The zero-order valence-corrected chi connectivity index (χ0v) is 11.1. The van der Waals surface area contributed by atoms with Crippen LogP contribution in [0.5, 0.6) is 0 Å². The predicted octanol–water partition coefficient (Wildman–Crippen LogP) is 2.08. The first-order chi connectivity index (χ1) is 8.88. The fourth-order valence-corrected chi connectivity index (χ4v) is 3.09. The van der Waals surface area contributed by atoms with E-state index in [9.17, 15) is 18.0 Å². The summed E-state index contributed by atoms with van der Waals surface area (Å²) in [6, 6.07) is -0.319. The summed E-state index contributed by atoms with van der Waals surface area (Å²) >= 11 is 0. The number of halogens is 3. The number of amides is 1. The number of hydrogen-bond acceptors (Lipinski definition) is 2. The third-order valence-electron chi connectivity index (χ3n) is 4.34. The molecule has 110 valence electrons. The number of rotatable bonds is 2. The molecule has 0 aromatic carbocycles. The van der Waals surface area contributed by atoms with Crippen molar-refractivity contribution in [2.75, 3.05) is 13.1 Å². The Bertz CT molecular complexity index is 332. The molecular weight excluding hydrogens is 257 g/mol. The molecule has 0 aromatic rings. The molecule has 1 amide bonds. The normalized spacial score (nSPS) is 36.2. The van der Waals surface area contributed by atoms with Gasteiger partial charge in [0.05, 0.1) is 11.8 Å². The quantitative estimate of drug-likeness (QED) is 0.812. The van der Waals surface area contributed by atoms with Gasteiger partial charge in [-0.2, -0.15) is 13.2 Å². The minimum Gasteiger partial charge on any atom is -0.353 e. The molecule has 1 heterocycles. The monoisotopic (exact) mass is 278 g/mol. The molecule has 1 aliphatic carbocycles. The van der Waals surface area contributed by atoms with Crippen LogP contribution >= 0.6 is 0 Å². The van der Waals surface area contributed by atoms with Crippen molar-refractivity contribution >= 4 is 5.91 Å². The Morgan fingerprint density at radius 3 is 2.58 bits per heavy atom. The first-order valence-corrected chi connectivity index (χ1v) is 6.95. The maximum atomic E-state index is 12.7. The van der Waals surface area contributed by atoms with Gasteiger partial charge < -0.3 is 10.6 Å². The average molecular weight is 278 g/mol. The SMILES string of the molecule is C[C@@H]1CNC[C@H]1C(=O)NC1CCCC(C(F)(F)F)C1. The van der Waals surface area contributed by atoms with E-state index in [-0.39, 0.29) is 36.6 Å². The zero-order chi connectivity index (χ0) is 14.0. The first kappa shape index (κ1) is 14.6. The molecule has 6 heteroatoms. The lowest BCUT2D eigenvalue weighted by Crippen LogP contribution is -2.45. The van der Waals surface area contributed by atoms with Crippen molar-refractivity contribution < 1.29 is 18.0 Å². The van der Waals surface area contributed by atoms with Crippen LogP contribution in [0, 0.1) is 17.8 Å². The van der Waals surface area contributed by atoms with Crippen LogP contribution in [-0.4, -0.2) is 31.2 Å². The predicted molar refractivity (Wildman–Crippen MR) is 65.5 cm³/mol. The van der Waals surface area contributed by atoms with E-state index in [1.54, 1.807) is 0 Å². The van der Waals surface area contributed by atoms with E-state index >= 15 is 0 Å². The molecule has 2 unspecified atom stereocenters. The van der Waals surface area contributed by atoms with E-state index in [0.29, 0.717) is 19.4 Å². The highest BCUT2D eigenvalue weighted by atomic mass is 19.4. The molecule has 2 aliphatic rings. The van der Waals surface area contributed by atoms with Crippen LogP contribution in [0.2, 0.25) is 0 Å². The van der Waals surface area contributed by atoms with Gasteiger partial charge in [0.1, 0.15) is 0 Å². The highest BCUT2D eigenvalue weighted by Crippen LogP contribution is 2.37. The number of carbonyl (C=O) groups excluding carboxylic acids is 1. The smallest absolute Gasteiger partial charge is 0.353 e. The maximum absolute atomic E-state index is 12.7. The Labute approximate surface area is 111 Å². The summed E-state index contributed by atoms with van der Waals surface area (Å²) in [6.07, 6.45) is -2.72. The lowest BCUT2D eigenvalue weighted by Gasteiger charge is -2.31. The third kappa shape index (κ3) is 3.61. The highest BCUT2D eigenvalue weighted by Gasteiger charge is 2.42. The maximum Gasteiger partial charge on any atom is 0.391 e. The van der Waals surface area contributed by atoms with E-state index in [1.165, 1.54) is 0 Å². The fourth-order valence-electron chi connectivity index (χ4n) is 3.09. The van der Waals surface area contributed by atoms with Gasteiger partial charge in [-0.15, -0.1) is 0 Å². The summed E-state index contributed by atoms with van der Waals surface area (Å²) in [4.78, 5) is 12.0. The fraction of sp³-hybridized carbons (Fsp3) is 0.923. The van der Waals surface area contributed by atoms with E-state index in [1.807, 2.05) is 6.92 Å². The van der Waals surface area contributed by atoms with Crippen LogP contribution in [0.4, 0.5) is 13.2 Å². The zero-order valence-electron chi connectivity index (χ0n) is 11.1. The van der Waals surface area contributed by atoms with Gasteiger partial charge in [-0.05, 0) is 31.7 Å². The summed E-state index contributed by atoms with van der Waals surface area (Å²) in [5, 5.41) is 5.95. The van der Waals surface area contributed by atoms with Crippen LogP contribution in [0.15, 0.2) is 0 Å². The van der Waals surface area contributed by atoms with Crippen molar-refractivity contribution in [1.29, 1.82) is 0 Å². The molecule has 2 N–H and O–H groups in total. The lowest BCUT2D eigenvalue weighted by molar-refractivity contribution is -0.184. The highest BCUT2D eigenvalue weighted by molar-refractivity contribution is 5.79. The third-order valence-corrected chi connectivity index (χ3v) is 4.34. The topological polar surface area (TPSA) is 41.1 Å². The van der Waals surface area contributed by atoms with Crippen LogP contribution in [0.25, 0.3) is 0 Å². The van der Waals surface area contributed by atoms with E-state index in [4.69, 9.17) is 0 Å².